The third-order valence-corrected chi connectivity index (χ3v) is 21.0. The van der Waals surface area contributed by atoms with Crippen LogP contribution >= 0.6 is 7.82 Å². The summed E-state index contributed by atoms with van der Waals surface area (Å²) in [5.74, 6) is -0.767. The second kappa shape index (κ2) is 77.6. The predicted octanol–water partition coefficient (Wildman–Crippen LogP) is 28.7. The van der Waals surface area contributed by atoms with Crippen molar-refractivity contribution in [2.45, 2.75) is 469 Å². The van der Waals surface area contributed by atoms with Gasteiger partial charge in [0.2, 0.25) is 0 Å². The van der Waals surface area contributed by atoms with Crippen LogP contribution < -0.4 is 0 Å². The summed E-state index contributed by atoms with van der Waals surface area (Å²) >= 11 is 0. The van der Waals surface area contributed by atoms with Gasteiger partial charge in [0.1, 0.15) is 19.8 Å². The Labute approximate surface area is 599 Å². The van der Waals surface area contributed by atoms with Crippen molar-refractivity contribution in [3.05, 3.63) is 24.3 Å². The first-order valence-electron chi connectivity index (χ1n) is 43.1. The lowest BCUT2D eigenvalue weighted by Crippen LogP contribution is -2.37. The minimum Gasteiger partial charge on any atom is -0.462 e. The molecule has 0 aromatic rings. The normalized spacial score (nSPS) is 13.0. The average Bonchev–Trinajstić information content (AvgIpc) is 1.48. The maximum atomic E-state index is 12.9. The number of ether oxygens (including phenoxy) is 2. The van der Waals surface area contributed by atoms with Gasteiger partial charge in [0, 0.05) is 12.8 Å². The van der Waals surface area contributed by atoms with Gasteiger partial charge in [-0.25, -0.2) is 4.57 Å². The van der Waals surface area contributed by atoms with Crippen molar-refractivity contribution in [1.29, 1.82) is 0 Å². The summed E-state index contributed by atoms with van der Waals surface area (Å²) in [6.45, 7) is 4.52. The van der Waals surface area contributed by atoms with Crippen molar-refractivity contribution in [1.82, 2.24) is 0 Å². The van der Waals surface area contributed by atoms with Crippen molar-refractivity contribution < 1.29 is 42.1 Å². The van der Waals surface area contributed by atoms with Gasteiger partial charge in [-0.1, -0.05) is 430 Å². The van der Waals surface area contributed by atoms with Crippen LogP contribution in [-0.2, 0) is 32.7 Å². The zero-order valence-electron chi connectivity index (χ0n) is 65.4. The number of carbonyl (C=O) groups is 2. The fourth-order valence-electron chi connectivity index (χ4n) is 13.4. The molecule has 0 amide bonds. The van der Waals surface area contributed by atoms with Gasteiger partial charge in [0.25, 0.3) is 0 Å². The second-order valence-corrected chi connectivity index (χ2v) is 32.4. The van der Waals surface area contributed by atoms with E-state index in [0.717, 1.165) is 44.9 Å². The molecular formula is C86H169NO8P+. The molecule has 0 aromatic heterocycles. The minimum absolute atomic E-state index is 0.0362. The summed E-state index contributed by atoms with van der Waals surface area (Å²) < 4.78 is 34.9. The zero-order valence-corrected chi connectivity index (χ0v) is 66.3. The number of likely N-dealkylation sites (N-methyl/N-ethyl adjacent to an activating group) is 1. The maximum Gasteiger partial charge on any atom is 0.472 e. The van der Waals surface area contributed by atoms with Gasteiger partial charge in [-0.3, -0.25) is 18.6 Å². The number of nitrogens with zero attached hydrogens (tertiary/aromatic N) is 1. The first kappa shape index (κ1) is 94.5. The standard InChI is InChI=1S/C86H168NO8P/c1-6-8-10-12-14-16-18-20-22-24-26-28-30-32-34-36-38-40-41-42-43-44-45-47-48-50-52-54-56-58-60-62-64-66-68-70-72-74-76-78-85(88)92-82-84(83-94-96(90,91)93-81-80-87(3,4)5)95-86(89)79-77-75-73-71-69-67-65-63-61-59-57-55-53-51-49-46-39-37-35-33-31-29-27-25-23-21-19-17-15-13-11-9-7-2/h19,21,25,27,84H,6-18,20,22-24,26,28-83H2,1-5H3/p+1/b21-19-,27-25-. The molecule has 0 fully saturated rings. The lowest BCUT2D eigenvalue weighted by Gasteiger charge is -2.24. The van der Waals surface area contributed by atoms with Crippen LogP contribution in [0.15, 0.2) is 24.3 Å². The second-order valence-electron chi connectivity index (χ2n) is 30.9. The van der Waals surface area contributed by atoms with Crippen LogP contribution in [0.25, 0.3) is 0 Å². The van der Waals surface area contributed by atoms with E-state index in [9.17, 15) is 19.0 Å². The van der Waals surface area contributed by atoms with Gasteiger partial charge in [-0.15, -0.1) is 0 Å². The molecule has 0 radical (unpaired) electrons. The Bertz CT molecular complexity index is 1660. The maximum absolute atomic E-state index is 12.9. The molecule has 2 atom stereocenters. The average molecular weight is 1380 g/mol. The fourth-order valence-corrected chi connectivity index (χ4v) is 14.2. The Kier molecular flexibility index (Phi) is 76.4. The topological polar surface area (TPSA) is 108 Å². The van der Waals surface area contributed by atoms with Crippen molar-refractivity contribution in [2.24, 2.45) is 0 Å². The van der Waals surface area contributed by atoms with Gasteiger partial charge < -0.3 is 18.9 Å². The highest BCUT2D eigenvalue weighted by Gasteiger charge is 2.27. The summed E-state index contributed by atoms with van der Waals surface area (Å²) in [5, 5.41) is 0. The predicted molar refractivity (Wildman–Crippen MR) is 418 cm³/mol. The molecule has 0 heterocycles. The Morgan fingerprint density at radius 3 is 0.823 bits per heavy atom. The van der Waals surface area contributed by atoms with Gasteiger partial charge in [-0.2, -0.15) is 0 Å². The molecular weight excluding hydrogens is 1210 g/mol. The molecule has 0 saturated heterocycles. The summed E-state index contributed by atoms with van der Waals surface area (Å²) in [4.78, 5) is 36.0. The summed E-state index contributed by atoms with van der Waals surface area (Å²) in [7, 11) is 1.51. The Morgan fingerprint density at radius 1 is 0.323 bits per heavy atom. The highest BCUT2D eigenvalue weighted by molar-refractivity contribution is 7.47. The molecule has 0 spiro atoms. The van der Waals surface area contributed by atoms with Crippen LogP contribution in [0, 0.1) is 0 Å². The van der Waals surface area contributed by atoms with E-state index in [1.807, 2.05) is 21.1 Å². The smallest absolute Gasteiger partial charge is 0.462 e. The number of hydrogen-bond acceptors (Lipinski definition) is 7. The number of phosphoric ester groups is 1. The molecule has 0 bridgehead atoms. The molecule has 0 saturated carbocycles. The largest absolute Gasteiger partial charge is 0.472 e. The van der Waals surface area contributed by atoms with E-state index < -0.39 is 26.5 Å². The van der Waals surface area contributed by atoms with Gasteiger partial charge in [0.15, 0.2) is 6.10 Å². The van der Waals surface area contributed by atoms with E-state index >= 15 is 0 Å². The molecule has 9 nitrogen and oxygen atoms in total. The molecule has 0 aromatic carbocycles. The van der Waals surface area contributed by atoms with E-state index in [2.05, 4.69) is 38.2 Å². The lowest BCUT2D eigenvalue weighted by molar-refractivity contribution is -0.870. The minimum atomic E-state index is -4.39. The molecule has 0 rings (SSSR count). The summed E-state index contributed by atoms with van der Waals surface area (Å²) in [6, 6.07) is 0. The van der Waals surface area contributed by atoms with E-state index in [4.69, 9.17) is 18.5 Å². The van der Waals surface area contributed by atoms with E-state index in [0.29, 0.717) is 17.4 Å². The number of esters is 2. The van der Waals surface area contributed by atoms with Crippen molar-refractivity contribution >= 4 is 19.8 Å². The SMILES string of the molecule is CCCCCCC/C=C\C/C=C\CCCCCCCCCCCCCCCCCCCCCCCC(=O)OC(COC(=O)CCCCCCCCCCCCCCCCCCCCCCCCCCCCCCCCCCCCCCCCC)COP(=O)(O)OCC[N+](C)(C)C. The number of quaternary nitrogens is 1. The fraction of sp³-hybridized carbons (Fsp3) is 0.930. The van der Waals surface area contributed by atoms with Gasteiger partial charge in [-0.05, 0) is 44.9 Å². The quantitative estimate of drug-likeness (QED) is 0.0211. The molecule has 570 valence electrons. The monoisotopic (exact) mass is 1380 g/mol. The first-order chi connectivity index (χ1) is 47.0. The van der Waals surface area contributed by atoms with Crippen LogP contribution in [0.2, 0.25) is 0 Å². The molecule has 1 N–H and O–H groups in total. The molecule has 10 heteroatoms. The Morgan fingerprint density at radius 2 is 0.562 bits per heavy atom. The van der Waals surface area contributed by atoms with E-state index in [-0.39, 0.29) is 25.6 Å². The number of unbranched alkanes of at least 4 members (excludes halogenated alkanes) is 64. The Balaban J connectivity index is 3.85. The van der Waals surface area contributed by atoms with Gasteiger partial charge in [0.05, 0.1) is 27.7 Å². The van der Waals surface area contributed by atoms with Crippen molar-refractivity contribution in [3.8, 4) is 0 Å². The number of rotatable bonds is 82. The molecule has 2 unspecified atom stereocenters. The van der Waals surface area contributed by atoms with Crippen LogP contribution in [0.3, 0.4) is 0 Å². The van der Waals surface area contributed by atoms with Crippen LogP contribution in [0.5, 0.6) is 0 Å². The summed E-state index contributed by atoms with van der Waals surface area (Å²) in [5.41, 5.74) is 0. The van der Waals surface area contributed by atoms with Gasteiger partial charge >= 0.3 is 19.8 Å². The highest BCUT2D eigenvalue weighted by atomic mass is 31.2. The summed E-state index contributed by atoms with van der Waals surface area (Å²) in [6.07, 6.45) is 101. The third kappa shape index (κ3) is 81.5. The zero-order chi connectivity index (χ0) is 69.7. The molecule has 0 aliphatic rings. The molecule has 0 aliphatic carbocycles. The Hall–Kier alpha value is -1.51. The number of carbonyl (C=O) groups excluding carboxylic acids is 2. The molecule has 0 aliphatic heterocycles. The molecule has 96 heavy (non-hydrogen) atoms. The van der Waals surface area contributed by atoms with Crippen LogP contribution in [0.4, 0.5) is 0 Å². The lowest BCUT2D eigenvalue weighted by atomic mass is 10.0. The first-order valence-corrected chi connectivity index (χ1v) is 44.6. The van der Waals surface area contributed by atoms with E-state index in [1.54, 1.807) is 0 Å². The number of allylic oxidation sites excluding steroid dienone is 4. The van der Waals surface area contributed by atoms with E-state index in [1.165, 1.54) is 392 Å². The van der Waals surface area contributed by atoms with Crippen molar-refractivity contribution in [2.75, 3.05) is 47.5 Å². The number of hydrogen-bond donors (Lipinski definition) is 1. The van der Waals surface area contributed by atoms with Crippen molar-refractivity contribution in [3.63, 3.8) is 0 Å². The third-order valence-electron chi connectivity index (χ3n) is 20.0. The van der Waals surface area contributed by atoms with Crippen LogP contribution in [0.1, 0.15) is 463 Å². The van der Waals surface area contributed by atoms with Crippen LogP contribution in [-0.4, -0.2) is 74.9 Å². The number of phosphoric acid groups is 1. The highest BCUT2D eigenvalue weighted by Crippen LogP contribution is 2.43.